The lowest BCUT2D eigenvalue weighted by molar-refractivity contribution is -0.139. The number of ether oxygens (including phenoxy) is 1. The lowest BCUT2D eigenvalue weighted by atomic mass is 10.0. The van der Waals surface area contributed by atoms with Crippen molar-refractivity contribution in [3.05, 3.63) is 60.2 Å². The van der Waals surface area contributed by atoms with Crippen molar-refractivity contribution in [1.29, 1.82) is 0 Å². The molecular formula is C25H29N5O5. The van der Waals surface area contributed by atoms with Crippen molar-refractivity contribution in [2.24, 2.45) is 15.9 Å². The van der Waals surface area contributed by atoms with Crippen molar-refractivity contribution in [2.45, 2.75) is 31.5 Å². The Morgan fingerprint density at radius 3 is 2.49 bits per heavy atom. The van der Waals surface area contributed by atoms with E-state index in [1.807, 2.05) is 54.6 Å². The molecule has 2 atom stereocenters. The molecule has 0 aliphatic carbocycles. The van der Waals surface area contributed by atoms with Crippen LogP contribution in [0.4, 0.5) is 0 Å². The van der Waals surface area contributed by atoms with Gasteiger partial charge in [-0.2, -0.15) is 5.10 Å². The average molecular weight is 480 g/mol. The summed E-state index contributed by atoms with van der Waals surface area (Å²) in [5, 5.41) is 16.4. The van der Waals surface area contributed by atoms with E-state index in [2.05, 4.69) is 20.1 Å². The Kier molecular flexibility index (Phi) is 9.08. The molecule has 0 bridgehead atoms. The zero-order valence-corrected chi connectivity index (χ0v) is 19.5. The molecule has 2 aromatic rings. The molecule has 2 amide bonds. The number of esters is 1. The number of methoxy groups -OCH3 is 1. The van der Waals surface area contributed by atoms with E-state index in [4.69, 9.17) is 5.84 Å². The summed E-state index contributed by atoms with van der Waals surface area (Å²) in [6, 6.07) is 17.0. The topological polar surface area (TPSA) is 147 Å². The minimum Gasteiger partial charge on any atom is -0.469 e. The van der Waals surface area contributed by atoms with Gasteiger partial charge in [-0.3, -0.25) is 19.4 Å². The number of aliphatic hydroxyl groups is 1. The summed E-state index contributed by atoms with van der Waals surface area (Å²) in [5.74, 6) is 3.90. The first-order valence-electron chi connectivity index (χ1n) is 11.1. The van der Waals surface area contributed by atoms with Crippen LogP contribution in [0, 0.1) is 0 Å². The number of likely N-dealkylation sites (tertiary alicyclic amines) is 1. The number of carbonyl (C=O) groups is 3. The number of amides is 2. The minimum absolute atomic E-state index is 0.0399. The Morgan fingerprint density at radius 1 is 1.14 bits per heavy atom. The SMILES string of the molecule is COC(=O)CC(C=NCC(=O)N1C[C@H](O)C[C@H]1C(=O)NCc1ccc(-c2ccccc2)cc1)=NN. The predicted molar refractivity (Wildman–Crippen MR) is 131 cm³/mol. The van der Waals surface area contributed by atoms with Gasteiger partial charge in [-0.1, -0.05) is 54.6 Å². The lowest BCUT2D eigenvalue weighted by Crippen LogP contribution is -2.46. The molecule has 184 valence electrons. The number of β-amino-alcohol motifs (C(OH)–C–C–N with tert-alkyl or cyclic N) is 1. The summed E-state index contributed by atoms with van der Waals surface area (Å²) in [4.78, 5) is 42.1. The van der Waals surface area contributed by atoms with Gasteiger partial charge in [0.15, 0.2) is 0 Å². The molecule has 1 fully saturated rings. The van der Waals surface area contributed by atoms with Crippen molar-refractivity contribution in [3.8, 4) is 11.1 Å². The molecule has 10 heteroatoms. The molecule has 1 aliphatic rings. The summed E-state index contributed by atoms with van der Waals surface area (Å²) >= 11 is 0. The van der Waals surface area contributed by atoms with Gasteiger partial charge in [0.05, 0.1) is 25.3 Å². The van der Waals surface area contributed by atoms with Gasteiger partial charge < -0.3 is 25.9 Å². The molecule has 10 nitrogen and oxygen atoms in total. The highest BCUT2D eigenvalue weighted by Crippen LogP contribution is 2.20. The second-order valence-corrected chi connectivity index (χ2v) is 8.08. The fraction of sp³-hybridized carbons (Fsp3) is 0.320. The van der Waals surface area contributed by atoms with Crippen LogP contribution in [-0.2, 0) is 25.7 Å². The van der Waals surface area contributed by atoms with Gasteiger partial charge in [-0.15, -0.1) is 0 Å². The van der Waals surface area contributed by atoms with Crippen molar-refractivity contribution in [2.75, 3.05) is 20.2 Å². The fourth-order valence-corrected chi connectivity index (χ4v) is 3.76. The largest absolute Gasteiger partial charge is 0.469 e. The third-order valence-electron chi connectivity index (χ3n) is 5.62. The number of aliphatic hydroxyl groups excluding tert-OH is 1. The number of carbonyl (C=O) groups excluding carboxylic acids is 3. The number of benzene rings is 2. The number of hydrazone groups is 1. The second kappa shape index (κ2) is 12.4. The third-order valence-corrected chi connectivity index (χ3v) is 5.62. The van der Waals surface area contributed by atoms with Crippen molar-refractivity contribution >= 4 is 29.7 Å². The smallest absolute Gasteiger partial charge is 0.311 e. The van der Waals surface area contributed by atoms with E-state index >= 15 is 0 Å². The number of nitrogens with two attached hydrogens (primary N) is 1. The molecule has 2 aromatic carbocycles. The number of nitrogens with one attached hydrogen (secondary N) is 1. The van der Waals surface area contributed by atoms with E-state index in [1.54, 1.807) is 0 Å². The Hall–Kier alpha value is -4.05. The molecule has 0 radical (unpaired) electrons. The summed E-state index contributed by atoms with van der Waals surface area (Å²) in [6.07, 6.45) is 0.385. The number of hydrogen-bond donors (Lipinski definition) is 3. The second-order valence-electron chi connectivity index (χ2n) is 8.08. The van der Waals surface area contributed by atoms with E-state index in [0.29, 0.717) is 6.54 Å². The summed E-state index contributed by atoms with van der Waals surface area (Å²) in [5.41, 5.74) is 3.25. The van der Waals surface area contributed by atoms with Gasteiger partial charge in [0, 0.05) is 25.7 Å². The Morgan fingerprint density at radius 2 is 1.83 bits per heavy atom. The third kappa shape index (κ3) is 7.21. The number of nitrogens with zero attached hydrogens (tertiary/aromatic N) is 3. The first kappa shape index (κ1) is 25.6. The minimum atomic E-state index is -0.802. The molecule has 1 aliphatic heterocycles. The van der Waals surface area contributed by atoms with Crippen LogP contribution in [0.3, 0.4) is 0 Å². The molecular weight excluding hydrogens is 450 g/mol. The van der Waals surface area contributed by atoms with Gasteiger partial charge in [0.25, 0.3) is 0 Å². The molecule has 35 heavy (non-hydrogen) atoms. The Bertz CT molecular complexity index is 1090. The van der Waals surface area contributed by atoms with E-state index < -0.39 is 24.0 Å². The zero-order chi connectivity index (χ0) is 25.2. The maximum Gasteiger partial charge on any atom is 0.311 e. The van der Waals surface area contributed by atoms with Crippen LogP contribution in [0.1, 0.15) is 18.4 Å². The average Bonchev–Trinajstić information content (AvgIpc) is 3.29. The van der Waals surface area contributed by atoms with Crippen LogP contribution >= 0.6 is 0 Å². The van der Waals surface area contributed by atoms with E-state index in [-0.39, 0.29) is 37.6 Å². The van der Waals surface area contributed by atoms with E-state index in [0.717, 1.165) is 16.7 Å². The molecule has 0 aromatic heterocycles. The summed E-state index contributed by atoms with van der Waals surface area (Å²) in [6.45, 7) is 0.0559. The monoisotopic (exact) mass is 479 g/mol. The standard InChI is InChI=1S/C25H29N5O5/c1-35-24(33)11-20(29-26)14-27-15-23(32)30-16-21(31)12-22(30)25(34)28-13-17-7-9-19(10-8-17)18-5-3-2-4-6-18/h2-10,14,21-22,31H,11-13,15-16,26H2,1H3,(H,28,34)/t21-,22+/m1/s1. The Labute approximate surface area is 203 Å². The normalized spacial score (nSPS) is 18.0. The van der Waals surface area contributed by atoms with Gasteiger partial charge in [0.1, 0.15) is 12.6 Å². The molecule has 1 saturated heterocycles. The number of hydrogen-bond acceptors (Lipinski definition) is 8. The van der Waals surface area contributed by atoms with Crippen molar-refractivity contribution < 1.29 is 24.2 Å². The Balaban J connectivity index is 1.55. The lowest BCUT2D eigenvalue weighted by Gasteiger charge is -2.23. The highest BCUT2D eigenvalue weighted by molar-refractivity contribution is 6.34. The van der Waals surface area contributed by atoms with Gasteiger partial charge in [-0.05, 0) is 16.7 Å². The van der Waals surface area contributed by atoms with Crippen LogP contribution in [-0.4, -0.2) is 72.1 Å². The zero-order valence-electron chi connectivity index (χ0n) is 19.5. The van der Waals surface area contributed by atoms with Gasteiger partial charge >= 0.3 is 5.97 Å². The van der Waals surface area contributed by atoms with Crippen LogP contribution < -0.4 is 11.2 Å². The quantitative estimate of drug-likeness (QED) is 0.211. The maximum atomic E-state index is 12.8. The molecule has 4 N–H and O–H groups in total. The van der Waals surface area contributed by atoms with Crippen LogP contribution in [0.15, 0.2) is 64.7 Å². The summed E-state index contributed by atoms with van der Waals surface area (Å²) < 4.78 is 4.54. The van der Waals surface area contributed by atoms with Crippen molar-refractivity contribution in [3.63, 3.8) is 0 Å². The highest BCUT2D eigenvalue weighted by atomic mass is 16.5. The van der Waals surface area contributed by atoms with Crippen LogP contribution in [0.5, 0.6) is 0 Å². The number of aliphatic imine (C=N–C) groups is 1. The first-order valence-corrected chi connectivity index (χ1v) is 11.1. The van der Waals surface area contributed by atoms with Crippen molar-refractivity contribution in [1.82, 2.24) is 10.2 Å². The van der Waals surface area contributed by atoms with Crippen LogP contribution in [0.2, 0.25) is 0 Å². The molecule has 0 spiro atoms. The molecule has 0 saturated carbocycles. The fourth-order valence-electron chi connectivity index (χ4n) is 3.76. The summed E-state index contributed by atoms with van der Waals surface area (Å²) in [7, 11) is 1.24. The molecule has 1 heterocycles. The maximum absolute atomic E-state index is 12.8. The number of rotatable bonds is 9. The molecule has 0 unspecified atom stereocenters. The van der Waals surface area contributed by atoms with E-state index in [9.17, 15) is 19.5 Å². The van der Waals surface area contributed by atoms with Gasteiger partial charge in [0.2, 0.25) is 11.8 Å². The van der Waals surface area contributed by atoms with Crippen LogP contribution in [0.25, 0.3) is 11.1 Å². The molecule has 3 rings (SSSR count). The first-order chi connectivity index (χ1) is 16.9. The highest BCUT2D eigenvalue weighted by Gasteiger charge is 2.38. The van der Waals surface area contributed by atoms with E-state index in [1.165, 1.54) is 18.2 Å². The van der Waals surface area contributed by atoms with Gasteiger partial charge in [-0.25, -0.2) is 0 Å². The predicted octanol–water partition coefficient (Wildman–Crippen LogP) is 0.880.